The molecule has 0 aliphatic heterocycles. The molecule has 0 unspecified atom stereocenters. The number of hydrogen-bond donors (Lipinski definition) is 3. The number of nitrogens with zero attached hydrogens (tertiary/aromatic N) is 2. The summed E-state index contributed by atoms with van der Waals surface area (Å²) in [6.07, 6.45) is 1.53. The highest BCUT2D eigenvalue weighted by atomic mass is 16.5. The third-order valence-electron chi connectivity index (χ3n) is 3.49. The molecule has 0 bridgehead atoms. The Morgan fingerprint density at radius 3 is 2.80 bits per heavy atom. The van der Waals surface area contributed by atoms with Gasteiger partial charge in [0, 0.05) is 24.7 Å². The van der Waals surface area contributed by atoms with Crippen LogP contribution < -0.4 is 16.2 Å². The van der Waals surface area contributed by atoms with Crippen molar-refractivity contribution in [1.82, 2.24) is 20.4 Å². The van der Waals surface area contributed by atoms with Crippen molar-refractivity contribution in [2.75, 3.05) is 18.4 Å². The van der Waals surface area contributed by atoms with Crippen LogP contribution in [0.2, 0.25) is 0 Å². The fourth-order valence-electron chi connectivity index (χ4n) is 2.14. The summed E-state index contributed by atoms with van der Waals surface area (Å²) in [5.74, 6) is 0.702. The lowest BCUT2D eigenvalue weighted by atomic mass is 10.1. The number of hydrogen-bond acceptors (Lipinski definition) is 6. The fraction of sp³-hybridized carbons (Fsp3) is 0.176. The molecule has 0 fully saturated rings. The summed E-state index contributed by atoms with van der Waals surface area (Å²) >= 11 is 0. The van der Waals surface area contributed by atoms with Crippen molar-refractivity contribution in [3.8, 4) is 11.3 Å². The first kappa shape index (κ1) is 16.4. The molecule has 8 heteroatoms. The van der Waals surface area contributed by atoms with Crippen LogP contribution in [0.1, 0.15) is 16.2 Å². The minimum absolute atomic E-state index is 0.212. The van der Waals surface area contributed by atoms with Crippen LogP contribution in [0.25, 0.3) is 11.3 Å². The fourth-order valence-corrected chi connectivity index (χ4v) is 2.14. The quantitative estimate of drug-likeness (QED) is 0.588. The molecule has 1 aromatic carbocycles. The Hall–Kier alpha value is -3.42. The van der Waals surface area contributed by atoms with Gasteiger partial charge in [-0.15, -0.1) is 0 Å². The molecule has 0 aliphatic rings. The second-order valence-corrected chi connectivity index (χ2v) is 5.34. The number of rotatable bonds is 6. The topological polar surface area (TPSA) is 113 Å². The average Bonchev–Trinajstić information content (AvgIpc) is 3.12. The van der Waals surface area contributed by atoms with E-state index in [-0.39, 0.29) is 17.2 Å². The van der Waals surface area contributed by atoms with Gasteiger partial charge in [0.1, 0.15) is 11.5 Å². The molecule has 3 N–H and O–H groups in total. The minimum Gasteiger partial charge on any atom is -0.369 e. The largest absolute Gasteiger partial charge is 0.369 e. The van der Waals surface area contributed by atoms with Crippen LogP contribution in [0, 0.1) is 6.92 Å². The number of anilines is 1. The third kappa shape index (κ3) is 4.11. The number of carbonyl (C=O) groups is 1. The molecule has 8 nitrogen and oxygen atoms in total. The highest BCUT2D eigenvalue weighted by Crippen LogP contribution is 2.19. The maximum Gasteiger partial charge on any atom is 0.273 e. The maximum atomic E-state index is 12.1. The van der Waals surface area contributed by atoms with Gasteiger partial charge in [-0.1, -0.05) is 35.5 Å². The van der Waals surface area contributed by atoms with Gasteiger partial charge in [-0.25, -0.2) is 0 Å². The first-order valence-corrected chi connectivity index (χ1v) is 7.73. The molecule has 3 rings (SSSR count). The van der Waals surface area contributed by atoms with Crippen LogP contribution in [0.5, 0.6) is 0 Å². The normalized spacial score (nSPS) is 10.4. The van der Waals surface area contributed by atoms with E-state index in [1.54, 1.807) is 13.0 Å². The summed E-state index contributed by atoms with van der Waals surface area (Å²) in [4.78, 5) is 30.1. The summed E-state index contributed by atoms with van der Waals surface area (Å²) in [7, 11) is 0. The van der Waals surface area contributed by atoms with E-state index in [0.29, 0.717) is 30.4 Å². The van der Waals surface area contributed by atoms with Gasteiger partial charge in [0.05, 0.1) is 6.20 Å². The average molecular weight is 339 g/mol. The summed E-state index contributed by atoms with van der Waals surface area (Å²) in [6, 6.07) is 11.0. The summed E-state index contributed by atoms with van der Waals surface area (Å²) in [6.45, 7) is 2.41. The van der Waals surface area contributed by atoms with E-state index in [0.717, 1.165) is 5.56 Å². The van der Waals surface area contributed by atoms with E-state index in [1.165, 1.54) is 6.20 Å². The Balaban J connectivity index is 1.50. The van der Waals surface area contributed by atoms with Gasteiger partial charge < -0.3 is 20.1 Å². The number of aromatic nitrogens is 3. The van der Waals surface area contributed by atoms with E-state index in [2.05, 4.69) is 25.8 Å². The predicted octanol–water partition coefficient (Wildman–Crippen LogP) is 1.58. The number of nitrogens with one attached hydrogen (secondary N) is 3. The van der Waals surface area contributed by atoms with Crippen molar-refractivity contribution >= 4 is 11.7 Å². The molecule has 0 atom stereocenters. The molecule has 3 aromatic rings. The molecule has 0 aliphatic carbocycles. The van der Waals surface area contributed by atoms with Crippen molar-refractivity contribution in [2.24, 2.45) is 0 Å². The standard InChI is InChI=1S/C17H17N5O3/c1-11-16(23)21-15(10-20-11)18-7-8-19-17(24)13-9-14(25-22-13)12-5-3-2-4-6-12/h2-6,9-10H,7-8H2,1H3,(H,19,24)(H2,18,21,23). The van der Waals surface area contributed by atoms with E-state index in [1.807, 2.05) is 30.3 Å². The van der Waals surface area contributed by atoms with Gasteiger partial charge in [0.15, 0.2) is 11.5 Å². The lowest BCUT2D eigenvalue weighted by Gasteiger charge is -2.06. The molecule has 0 spiro atoms. The van der Waals surface area contributed by atoms with E-state index in [9.17, 15) is 9.59 Å². The Morgan fingerprint density at radius 2 is 2.04 bits per heavy atom. The van der Waals surface area contributed by atoms with Crippen LogP contribution in [-0.2, 0) is 0 Å². The Kier molecular flexibility index (Phi) is 4.89. The number of aromatic amines is 1. The Morgan fingerprint density at radius 1 is 1.24 bits per heavy atom. The van der Waals surface area contributed by atoms with Crippen LogP contribution in [0.4, 0.5) is 5.82 Å². The molecule has 1 amide bonds. The summed E-state index contributed by atoms with van der Waals surface area (Å²) < 4.78 is 5.20. The molecule has 25 heavy (non-hydrogen) atoms. The van der Waals surface area contributed by atoms with E-state index >= 15 is 0 Å². The lowest BCUT2D eigenvalue weighted by molar-refractivity contribution is 0.0946. The van der Waals surface area contributed by atoms with Crippen LogP contribution >= 0.6 is 0 Å². The number of H-pyrrole nitrogens is 1. The van der Waals surface area contributed by atoms with Crippen molar-refractivity contribution in [3.05, 3.63) is 64.3 Å². The lowest BCUT2D eigenvalue weighted by Crippen LogP contribution is -2.29. The Bertz CT molecular complexity index is 917. The zero-order valence-corrected chi connectivity index (χ0v) is 13.6. The van der Waals surface area contributed by atoms with Crippen molar-refractivity contribution in [1.29, 1.82) is 0 Å². The highest BCUT2D eigenvalue weighted by molar-refractivity contribution is 5.93. The molecule has 0 saturated carbocycles. The number of benzene rings is 1. The van der Waals surface area contributed by atoms with Crippen LogP contribution in [0.3, 0.4) is 0 Å². The highest BCUT2D eigenvalue weighted by Gasteiger charge is 2.12. The molecule has 128 valence electrons. The molecule has 0 saturated heterocycles. The van der Waals surface area contributed by atoms with Gasteiger partial charge in [-0.05, 0) is 6.92 Å². The SMILES string of the molecule is Cc1ncc(NCCNC(=O)c2cc(-c3ccccc3)on2)[nH]c1=O. The van der Waals surface area contributed by atoms with Crippen LogP contribution in [-0.4, -0.2) is 34.1 Å². The molecular weight excluding hydrogens is 322 g/mol. The molecule has 2 heterocycles. The van der Waals surface area contributed by atoms with E-state index in [4.69, 9.17) is 4.52 Å². The molecule has 0 radical (unpaired) electrons. The third-order valence-corrected chi connectivity index (χ3v) is 3.49. The molecule has 2 aromatic heterocycles. The van der Waals surface area contributed by atoms with Gasteiger partial charge in [0.2, 0.25) is 0 Å². The predicted molar refractivity (Wildman–Crippen MR) is 92.4 cm³/mol. The zero-order chi connectivity index (χ0) is 17.6. The van der Waals surface area contributed by atoms with Crippen molar-refractivity contribution in [3.63, 3.8) is 0 Å². The maximum absolute atomic E-state index is 12.1. The van der Waals surface area contributed by atoms with Gasteiger partial charge >= 0.3 is 0 Å². The second kappa shape index (κ2) is 7.43. The Labute approximate surface area is 143 Å². The monoisotopic (exact) mass is 339 g/mol. The number of amides is 1. The van der Waals surface area contributed by atoms with Gasteiger partial charge in [-0.3, -0.25) is 14.6 Å². The van der Waals surface area contributed by atoms with Gasteiger partial charge in [0.25, 0.3) is 11.5 Å². The van der Waals surface area contributed by atoms with Gasteiger partial charge in [-0.2, -0.15) is 0 Å². The summed E-state index contributed by atoms with van der Waals surface area (Å²) in [5.41, 5.74) is 1.22. The zero-order valence-electron chi connectivity index (χ0n) is 13.6. The number of carbonyl (C=O) groups excluding carboxylic acids is 1. The first-order chi connectivity index (χ1) is 12.1. The van der Waals surface area contributed by atoms with E-state index < -0.39 is 0 Å². The number of aryl methyl sites for hydroxylation is 1. The second-order valence-electron chi connectivity index (χ2n) is 5.34. The van der Waals surface area contributed by atoms with Crippen molar-refractivity contribution in [2.45, 2.75) is 6.92 Å². The first-order valence-electron chi connectivity index (χ1n) is 7.73. The molecular formula is C17H17N5O3. The summed E-state index contributed by atoms with van der Waals surface area (Å²) in [5, 5.41) is 9.48. The smallest absolute Gasteiger partial charge is 0.273 e. The van der Waals surface area contributed by atoms with Crippen LogP contribution in [0.15, 0.2) is 51.9 Å². The van der Waals surface area contributed by atoms with Crippen molar-refractivity contribution < 1.29 is 9.32 Å². The minimum atomic E-state index is -0.330.